The first kappa shape index (κ1) is 28.2. The second-order valence-electron chi connectivity index (χ2n) is 9.27. The number of aromatic nitrogens is 3. The first-order valence-electron chi connectivity index (χ1n) is 11.6. The molecule has 35 heavy (non-hydrogen) atoms. The Bertz CT molecular complexity index is 1190. The number of fused-ring (bicyclic) bond motifs is 1. The molecule has 3 rings (SSSR count). The normalized spacial score (nSPS) is 26.6. The molecule has 10 nitrogen and oxygen atoms in total. The van der Waals surface area contributed by atoms with Crippen LogP contribution in [0.15, 0.2) is 6.07 Å². The lowest BCUT2D eigenvalue weighted by molar-refractivity contribution is -0.0544. The molecule has 0 radical (unpaired) electrons. The lowest BCUT2D eigenvalue weighted by Gasteiger charge is -2.38. The van der Waals surface area contributed by atoms with Crippen molar-refractivity contribution in [3.8, 4) is 0 Å². The minimum absolute atomic E-state index is 0.0174. The van der Waals surface area contributed by atoms with Crippen LogP contribution in [0.4, 0.5) is 4.39 Å². The Morgan fingerprint density at radius 3 is 2.43 bits per heavy atom. The molecule has 13 heteroatoms. The van der Waals surface area contributed by atoms with Crippen molar-refractivity contribution in [2.45, 2.75) is 95.7 Å². The monoisotopic (exact) mass is 533 g/mol. The van der Waals surface area contributed by atoms with Crippen LogP contribution < -0.4 is 0 Å². The standard InChI is InChI=1S/C22H33FN3O7PS/c1-6-21(5,33-34(30,31)22(29,7-2)8-3)10-14-15(27)16(28)17(32-14)12-9-13-19(26-20(12)35)24-11(4)18(23)25-13/h9,14-17,27-29H,6-8,10H2,1-5H3,(H,30,31)(H,24,26,35). The maximum absolute atomic E-state index is 13.9. The van der Waals surface area contributed by atoms with Crippen LogP contribution in [-0.2, 0) is 13.8 Å². The second-order valence-corrected chi connectivity index (χ2v) is 11.7. The zero-order chi connectivity index (χ0) is 26.3. The van der Waals surface area contributed by atoms with Gasteiger partial charge in [-0.05, 0) is 39.2 Å². The largest absolute Gasteiger partial charge is 0.388 e. The molecular weight excluding hydrogens is 500 g/mol. The number of pyridine rings is 1. The molecule has 0 aliphatic carbocycles. The molecular formula is C22H33FN3O7PS. The van der Waals surface area contributed by atoms with Crippen molar-refractivity contribution in [2.24, 2.45) is 0 Å². The van der Waals surface area contributed by atoms with Gasteiger partial charge in [0.2, 0.25) is 5.95 Å². The maximum atomic E-state index is 13.9. The van der Waals surface area contributed by atoms with E-state index in [1.807, 2.05) is 0 Å². The zero-order valence-electron chi connectivity index (χ0n) is 20.4. The molecule has 0 spiro atoms. The Labute approximate surface area is 208 Å². The number of aryl methyl sites for hydroxylation is 1. The third-order valence-electron chi connectivity index (χ3n) is 6.88. The molecule has 0 saturated carbocycles. The Hall–Kier alpha value is -1.37. The van der Waals surface area contributed by atoms with Gasteiger partial charge in [0, 0.05) is 12.0 Å². The number of H-pyrrole nitrogens is 1. The van der Waals surface area contributed by atoms with E-state index >= 15 is 0 Å². The molecule has 0 aromatic carbocycles. The summed E-state index contributed by atoms with van der Waals surface area (Å²) in [7, 11) is -4.48. The fraction of sp³-hybridized carbons (Fsp3) is 0.682. The molecule has 1 aliphatic heterocycles. The number of hydrogen-bond acceptors (Lipinski definition) is 9. The van der Waals surface area contributed by atoms with E-state index in [0.29, 0.717) is 0 Å². The molecule has 3 heterocycles. The first-order valence-corrected chi connectivity index (χ1v) is 13.5. The topological polar surface area (TPSA) is 158 Å². The average molecular weight is 534 g/mol. The average Bonchev–Trinajstić information content (AvgIpc) is 3.06. The summed E-state index contributed by atoms with van der Waals surface area (Å²) in [5.41, 5.74) is -0.431. The fourth-order valence-corrected chi connectivity index (χ4v) is 6.23. The predicted octanol–water partition coefficient (Wildman–Crippen LogP) is 3.57. The van der Waals surface area contributed by atoms with Crippen LogP contribution in [0.3, 0.4) is 0 Å². The van der Waals surface area contributed by atoms with E-state index in [1.54, 1.807) is 27.7 Å². The Morgan fingerprint density at radius 1 is 1.23 bits per heavy atom. The summed E-state index contributed by atoms with van der Waals surface area (Å²) in [5, 5.41) is 30.2. The number of rotatable bonds is 9. The molecule has 0 amide bonds. The molecule has 1 saturated heterocycles. The van der Waals surface area contributed by atoms with Gasteiger partial charge < -0.3 is 34.5 Å². The van der Waals surface area contributed by atoms with Gasteiger partial charge in [-0.15, -0.1) is 0 Å². The van der Waals surface area contributed by atoms with Crippen LogP contribution in [0.1, 0.15) is 70.7 Å². The van der Waals surface area contributed by atoms with Gasteiger partial charge >= 0.3 is 7.60 Å². The highest BCUT2D eigenvalue weighted by atomic mass is 32.1. The predicted molar refractivity (Wildman–Crippen MR) is 129 cm³/mol. The highest BCUT2D eigenvalue weighted by Gasteiger charge is 2.51. The van der Waals surface area contributed by atoms with Crippen molar-refractivity contribution >= 4 is 31.0 Å². The summed E-state index contributed by atoms with van der Waals surface area (Å²) in [6, 6.07) is 1.45. The van der Waals surface area contributed by atoms with Crippen molar-refractivity contribution in [1.29, 1.82) is 0 Å². The van der Waals surface area contributed by atoms with Gasteiger partial charge in [0.25, 0.3) is 0 Å². The van der Waals surface area contributed by atoms with Crippen LogP contribution in [0.5, 0.6) is 0 Å². The summed E-state index contributed by atoms with van der Waals surface area (Å²) in [5.74, 6) is -0.747. The number of aliphatic hydroxyl groups excluding tert-OH is 2. The summed E-state index contributed by atoms with van der Waals surface area (Å²) >= 11 is 5.38. The van der Waals surface area contributed by atoms with Gasteiger partial charge in [-0.25, -0.2) is 9.97 Å². The number of halogens is 1. The molecule has 2 aromatic rings. The van der Waals surface area contributed by atoms with Crippen LogP contribution >= 0.6 is 19.8 Å². The van der Waals surface area contributed by atoms with Crippen molar-refractivity contribution in [3.63, 3.8) is 0 Å². The highest BCUT2D eigenvalue weighted by molar-refractivity contribution is 7.71. The lowest BCUT2D eigenvalue weighted by atomic mass is 9.92. The zero-order valence-corrected chi connectivity index (χ0v) is 22.1. The Kier molecular flexibility index (Phi) is 8.20. The van der Waals surface area contributed by atoms with Gasteiger partial charge in [0.1, 0.15) is 28.5 Å². The third-order valence-corrected chi connectivity index (χ3v) is 9.59. The molecule has 2 aromatic heterocycles. The van der Waals surface area contributed by atoms with E-state index in [9.17, 15) is 29.2 Å². The number of aromatic amines is 1. The van der Waals surface area contributed by atoms with E-state index in [1.165, 1.54) is 13.0 Å². The number of ether oxygens (including phenoxy) is 1. The number of aliphatic hydroxyl groups is 3. The van der Waals surface area contributed by atoms with Crippen molar-refractivity contribution < 1.29 is 38.4 Å². The Balaban J connectivity index is 1.88. The highest BCUT2D eigenvalue weighted by Crippen LogP contribution is 2.60. The molecule has 6 unspecified atom stereocenters. The molecule has 1 fully saturated rings. The maximum Gasteiger partial charge on any atom is 0.359 e. The summed E-state index contributed by atoms with van der Waals surface area (Å²) in [6.07, 6.45) is -4.56. The quantitative estimate of drug-likeness (QED) is 0.238. The van der Waals surface area contributed by atoms with E-state index in [0.717, 1.165) is 0 Å². The SMILES string of the molecule is CCC(C)(CC1OC(c2cc3nc(F)c(C)nc3[nH]c2=S)C(O)C1O)OP(=O)(O)C(O)(CC)CC. The van der Waals surface area contributed by atoms with E-state index in [4.69, 9.17) is 21.5 Å². The molecule has 0 bridgehead atoms. The number of nitrogens with one attached hydrogen (secondary N) is 1. The van der Waals surface area contributed by atoms with Crippen molar-refractivity contribution in [2.75, 3.05) is 0 Å². The van der Waals surface area contributed by atoms with Crippen LogP contribution in [-0.4, -0.2) is 64.4 Å². The van der Waals surface area contributed by atoms with Gasteiger partial charge in [0.05, 0.1) is 17.4 Å². The van der Waals surface area contributed by atoms with Crippen molar-refractivity contribution in [1.82, 2.24) is 15.0 Å². The van der Waals surface area contributed by atoms with E-state index < -0.39 is 48.9 Å². The first-order chi connectivity index (χ1) is 16.2. The second kappa shape index (κ2) is 10.2. The summed E-state index contributed by atoms with van der Waals surface area (Å²) in [4.78, 5) is 21.4. The molecule has 5 N–H and O–H groups in total. The smallest absolute Gasteiger partial charge is 0.359 e. The number of hydrogen-bond donors (Lipinski definition) is 5. The Morgan fingerprint density at radius 2 is 1.86 bits per heavy atom. The summed E-state index contributed by atoms with van der Waals surface area (Å²) in [6.45, 7) is 7.97. The molecule has 196 valence electrons. The van der Waals surface area contributed by atoms with Gasteiger partial charge in [-0.2, -0.15) is 4.39 Å². The fourth-order valence-electron chi connectivity index (χ4n) is 4.19. The van der Waals surface area contributed by atoms with Crippen LogP contribution in [0.2, 0.25) is 0 Å². The van der Waals surface area contributed by atoms with E-state index in [-0.39, 0.29) is 52.7 Å². The van der Waals surface area contributed by atoms with Gasteiger partial charge in [0.15, 0.2) is 11.0 Å². The summed E-state index contributed by atoms with van der Waals surface area (Å²) < 4.78 is 38.7. The van der Waals surface area contributed by atoms with Crippen molar-refractivity contribution in [3.05, 3.63) is 27.9 Å². The van der Waals surface area contributed by atoms with Crippen LogP contribution in [0.25, 0.3) is 11.2 Å². The number of nitrogens with zero attached hydrogens (tertiary/aromatic N) is 2. The minimum atomic E-state index is -4.48. The molecule has 1 aliphatic rings. The van der Waals surface area contributed by atoms with Gasteiger partial charge in [-0.1, -0.05) is 33.0 Å². The lowest BCUT2D eigenvalue weighted by Crippen LogP contribution is -2.40. The van der Waals surface area contributed by atoms with E-state index in [2.05, 4.69) is 15.0 Å². The van der Waals surface area contributed by atoms with Crippen LogP contribution in [0, 0.1) is 17.5 Å². The van der Waals surface area contributed by atoms with Gasteiger partial charge in [-0.3, -0.25) is 4.57 Å². The molecule has 6 atom stereocenters. The third kappa shape index (κ3) is 5.35. The minimum Gasteiger partial charge on any atom is -0.388 e.